The van der Waals surface area contributed by atoms with Crippen LogP contribution in [0, 0.1) is 5.41 Å². The first-order chi connectivity index (χ1) is 13.6. The Labute approximate surface area is 169 Å². The third-order valence-corrected chi connectivity index (χ3v) is 6.05. The fourth-order valence-corrected chi connectivity index (χ4v) is 4.00. The van der Waals surface area contributed by atoms with Crippen molar-refractivity contribution in [2.24, 2.45) is 5.41 Å². The van der Waals surface area contributed by atoms with Crippen LogP contribution < -0.4 is 15.8 Å². The summed E-state index contributed by atoms with van der Waals surface area (Å²) in [5.41, 5.74) is 6.39. The van der Waals surface area contributed by atoms with Crippen LogP contribution in [0.25, 0.3) is 10.8 Å². The molecule has 29 heavy (non-hydrogen) atoms. The van der Waals surface area contributed by atoms with Crippen molar-refractivity contribution in [1.29, 1.82) is 0 Å². The van der Waals surface area contributed by atoms with E-state index in [1.54, 1.807) is 68.4 Å². The molecular formula is C21H23N3O4S. The lowest BCUT2D eigenvalue weighted by atomic mass is 9.93. The maximum Gasteiger partial charge on any atom is 0.262 e. The lowest BCUT2D eigenvalue weighted by Crippen LogP contribution is -2.33. The van der Waals surface area contributed by atoms with Gasteiger partial charge >= 0.3 is 0 Å². The number of sulfonamides is 1. The average molecular weight is 413 g/mol. The minimum atomic E-state index is -3.85. The predicted octanol–water partition coefficient (Wildman–Crippen LogP) is 3.18. The Morgan fingerprint density at radius 2 is 1.55 bits per heavy atom. The van der Waals surface area contributed by atoms with Crippen molar-refractivity contribution in [2.45, 2.75) is 18.7 Å². The number of hydrogen-bond acceptors (Lipinski definition) is 5. The highest BCUT2D eigenvalue weighted by Crippen LogP contribution is 2.29. The number of carbonyl (C=O) groups is 1. The van der Waals surface area contributed by atoms with E-state index in [0.717, 1.165) is 0 Å². The smallest absolute Gasteiger partial charge is 0.262 e. The molecule has 0 bridgehead atoms. The molecule has 0 aliphatic heterocycles. The summed E-state index contributed by atoms with van der Waals surface area (Å²) in [4.78, 5) is 12.3. The molecule has 5 N–H and O–H groups in total. The summed E-state index contributed by atoms with van der Waals surface area (Å²) in [6, 6.07) is 16.4. The van der Waals surface area contributed by atoms with E-state index in [1.165, 1.54) is 6.07 Å². The van der Waals surface area contributed by atoms with Gasteiger partial charge in [-0.15, -0.1) is 0 Å². The van der Waals surface area contributed by atoms with Gasteiger partial charge < -0.3 is 16.2 Å². The van der Waals surface area contributed by atoms with Gasteiger partial charge in [0.15, 0.2) is 0 Å². The topological polar surface area (TPSA) is 122 Å². The van der Waals surface area contributed by atoms with E-state index in [2.05, 4.69) is 10.0 Å². The molecule has 7 nitrogen and oxygen atoms in total. The normalized spacial score (nSPS) is 12.0. The summed E-state index contributed by atoms with van der Waals surface area (Å²) in [6.07, 6.45) is 0. The van der Waals surface area contributed by atoms with Gasteiger partial charge in [0.05, 0.1) is 16.9 Å². The zero-order chi connectivity index (χ0) is 21.2. The minimum Gasteiger partial charge on any atom is -0.398 e. The van der Waals surface area contributed by atoms with Crippen molar-refractivity contribution >= 4 is 43.8 Å². The molecule has 152 valence electrons. The second-order valence-corrected chi connectivity index (χ2v) is 9.03. The molecule has 0 unspecified atom stereocenters. The van der Waals surface area contributed by atoms with E-state index in [-0.39, 0.29) is 17.4 Å². The summed E-state index contributed by atoms with van der Waals surface area (Å²) in [5, 5.41) is 13.2. The van der Waals surface area contributed by atoms with Gasteiger partial charge in [-0.05, 0) is 50.2 Å². The van der Waals surface area contributed by atoms with Gasteiger partial charge in [-0.25, -0.2) is 8.42 Å². The summed E-state index contributed by atoms with van der Waals surface area (Å²) in [6.45, 7) is 2.97. The standard InChI is InChI=1S/C21H23N3O4S/c1-21(2,13-25)20(26)23-14-7-9-15(10-8-14)24-29(27,28)19-12-11-18(22)16-5-3-4-6-17(16)19/h3-12,24-25H,13,22H2,1-2H3,(H,23,26). The molecule has 0 saturated heterocycles. The van der Waals surface area contributed by atoms with E-state index >= 15 is 0 Å². The van der Waals surface area contributed by atoms with Gasteiger partial charge in [0, 0.05) is 27.8 Å². The number of nitrogens with two attached hydrogens (primary N) is 1. The number of nitrogen functional groups attached to an aromatic ring is 1. The molecule has 0 aliphatic carbocycles. The zero-order valence-electron chi connectivity index (χ0n) is 16.1. The Morgan fingerprint density at radius 1 is 0.966 bits per heavy atom. The van der Waals surface area contributed by atoms with E-state index in [9.17, 15) is 18.3 Å². The summed E-state index contributed by atoms with van der Waals surface area (Å²) >= 11 is 0. The van der Waals surface area contributed by atoms with Crippen LogP contribution in [0.15, 0.2) is 65.6 Å². The molecule has 3 aromatic rings. The molecular weight excluding hydrogens is 390 g/mol. The number of carbonyl (C=O) groups excluding carboxylic acids is 1. The number of hydrogen-bond donors (Lipinski definition) is 4. The molecule has 0 aromatic heterocycles. The van der Waals surface area contributed by atoms with Crippen LogP contribution in [0.2, 0.25) is 0 Å². The maximum absolute atomic E-state index is 12.9. The fourth-order valence-electron chi connectivity index (χ4n) is 2.73. The third kappa shape index (κ3) is 4.33. The van der Waals surface area contributed by atoms with Crippen LogP contribution in [0.1, 0.15) is 13.8 Å². The number of anilines is 3. The second-order valence-electron chi connectivity index (χ2n) is 7.38. The Bertz CT molecular complexity index is 1160. The van der Waals surface area contributed by atoms with E-state index in [0.29, 0.717) is 27.8 Å². The molecule has 0 heterocycles. The van der Waals surface area contributed by atoms with Gasteiger partial charge in [-0.2, -0.15) is 0 Å². The summed E-state index contributed by atoms with van der Waals surface area (Å²) in [7, 11) is -3.85. The molecule has 1 amide bonds. The van der Waals surface area contributed by atoms with Crippen LogP contribution in [0.3, 0.4) is 0 Å². The molecule has 0 spiro atoms. The zero-order valence-corrected chi connectivity index (χ0v) is 17.0. The van der Waals surface area contributed by atoms with Crippen molar-refractivity contribution in [3.05, 3.63) is 60.7 Å². The summed E-state index contributed by atoms with van der Waals surface area (Å²) < 4.78 is 28.4. The first-order valence-electron chi connectivity index (χ1n) is 8.96. The Morgan fingerprint density at radius 3 is 2.17 bits per heavy atom. The Kier molecular flexibility index (Phi) is 5.50. The van der Waals surface area contributed by atoms with E-state index in [1.807, 2.05) is 0 Å². The molecule has 3 rings (SSSR count). The van der Waals surface area contributed by atoms with Crippen molar-refractivity contribution in [2.75, 3.05) is 22.4 Å². The number of nitrogens with one attached hydrogen (secondary N) is 2. The predicted molar refractivity (Wildman–Crippen MR) is 115 cm³/mol. The first-order valence-corrected chi connectivity index (χ1v) is 10.4. The third-order valence-electron chi connectivity index (χ3n) is 4.61. The number of rotatable bonds is 6. The highest BCUT2D eigenvalue weighted by Gasteiger charge is 2.26. The van der Waals surface area contributed by atoms with Gasteiger partial charge in [-0.3, -0.25) is 9.52 Å². The number of fused-ring (bicyclic) bond motifs is 1. The molecule has 0 radical (unpaired) electrons. The van der Waals surface area contributed by atoms with Crippen molar-refractivity contribution < 1.29 is 18.3 Å². The second kappa shape index (κ2) is 7.73. The molecule has 0 saturated carbocycles. The van der Waals surface area contributed by atoms with Crippen LogP contribution in [-0.4, -0.2) is 26.0 Å². The van der Waals surface area contributed by atoms with Crippen LogP contribution in [0.5, 0.6) is 0 Å². The van der Waals surface area contributed by atoms with E-state index in [4.69, 9.17) is 5.73 Å². The highest BCUT2D eigenvalue weighted by atomic mass is 32.2. The van der Waals surface area contributed by atoms with Crippen LogP contribution >= 0.6 is 0 Å². The number of aliphatic hydroxyl groups is 1. The SMILES string of the molecule is CC(C)(CO)C(=O)Nc1ccc(NS(=O)(=O)c2ccc(N)c3ccccc23)cc1. The molecule has 0 aliphatic rings. The van der Waals surface area contributed by atoms with Crippen molar-refractivity contribution in [1.82, 2.24) is 0 Å². The monoisotopic (exact) mass is 413 g/mol. The maximum atomic E-state index is 12.9. The van der Waals surface area contributed by atoms with Crippen LogP contribution in [0.4, 0.5) is 17.1 Å². The molecule has 0 atom stereocenters. The lowest BCUT2D eigenvalue weighted by molar-refractivity contribution is -0.125. The van der Waals surface area contributed by atoms with Gasteiger partial charge in [0.25, 0.3) is 10.0 Å². The largest absolute Gasteiger partial charge is 0.398 e. The average Bonchev–Trinajstić information content (AvgIpc) is 2.69. The molecule has 3 aromatic carbocycles. The van der Waals surface area contributed by atoms with Gasteiger partial charge in [0.1, 0.15) is 0 Å². The van der Waals surface area contributed by atoms with Crippen LogP contribution in [-0.2, 0) is 14.8 Å². The van der Waals surface area contributed by atoms with Gasteiger partial charge in [0.2, 0.25) is 5.91 Å². The lowest BCUT2D eigenvalue weighted by Gasteiger charge is -2.20. The molecule has 8 heteroatoms. The Balaban J connectivity index is 1.83. The van der Waals surface area contributed by atoms with E-state index < -0.39 is 15.4 Å². The van der Waals surface area contributed by atoms with Crippen molar-refractivity contribution in [3.63, 3.8) is 0 Å². The minimum absolute atomic E-state index is 0.129. The quantitative estimate of drug-likeness (QED) is 0.463. The van der Waals surface area contributed by atoms with Crippen molar-refractivity contribution in [3.8, 4) is 0 Å². The molecule has 0 fully saturated rings. The fraction of sp³-hybridized carbons (Fsp3) is 0.190. The number of aliphatic hydroxyl groups excluding tert-OH is 1. The Hall–Kier alpha value is -3.10. The van der Waals surface area contributed by atoms with Gasteiger partial charge in [-0.1, -0.05) is 24.3 Å². The highest BCUT2D eigenvalue weighted by molar-refractivity contribution is 7.93. The first kappa shape index (κ1) is 20.6. The number of amides is 1. The number of benzene rings is 3. The summed E-state index contributed by atoms with van der Waals surface area (Å²) in [5.74, 6) is -0.332.